The Balaban J connectivity index is 2.28. The molecule has 0 radical (unpaired) electrons. The van der Waals surface area contributed by atoms with Gasteiger partial charge in [-0.15, -0.1) is 0 Å². The summed E-state index contributed by atoms with van der Waals surface area (Å²) in [7, 11) is 1.88. The molecule has 84 valence electrons. The number of ketones is 1. The fourth-order valence-electron chi connectivity index (χ4n) is 1.46. The fourth-order valence-corrected chi connectivity index (χ4v) is 1.46. The maximum Gasteiger partial charge on any atom is 0.133 e. The largest absolute Gasteiger partial charge is 0.330 e. The summed E-state index contributed by atoms with van der Waals surface area (Å²) in [6.07, 6.45) is 5.72. The first kappa shape index (κ1) is 11.9. The minimum atomic E-state index is 0.289. The van der Waals surface area contributed by atoms with E-state index in [-0.39, 0.29) is 5.78 Å². The minimum absolute atomic E-state index is 0.289. The molecule has 2 N–H and O–H groups in total. The van der Waals surface area contributed by atoms with Crippen molar-refractivity contribution >= 4 is 5.78 Å². The Kier molecular flexibility index (Phi) is 4.49. The quantitative estimate of drug-likeness (QED) is 0.757. The maximum absolute atomic E-state index is 11.5. The summed E-state index contributed by atoms with van der Waals surface area (Å²) in [6, 6.07) is 0. The lowest BCUT2D eigenvalue weighted by Gasteiger charge is -2.06. The summed E-state index contributed by atoms with van der Waals surface area (Å²) in [6.45, 7) is 2.58. The van der Waals surface area contributed by atoms with Gasteiger partial charge < -0.3 is 5.73 Å². The Bertz CT molecular complexity index is 319. The van der Waals surface area contributed by atoms with Crippen molar-refractivity contribution < 1.29 is 4.79 Å². The van der Waals surface area contributed by atoms with Gasteiger partial charge in [0.05, 0.1) is 6.20 Å². The molecule has 15 heavy (non-hydrogen) atoms. The van der Waals surface area contributed by atoms with Gasteiger partial charge in [0.1, 0.15) is 5.78 Å². The molecule has 0 amide bonds. The highest BCUT2D eigenvalue weighted by molar-refractivity contribution is 5.78. The minimum Gasteiger partial charge on any atom is -0.330 e. The van der Waals surface area contributed by atoms with Crippen molar-refractivity contribution in [2.75, 3.05) is 6.54 Å². The molecule has 0 spiro atoms. The third kappa shape index (κ3) is 4.25. The first-order valence-electron chi connectivity index (χ1n) is 5.31. The van der Waals surface area contributed by atoms with E-state index in [1.807, 2.05) is 20.2 Å². The van der Waals surface area contributed by atoms with E-state index in [1.165, 1.54) is 0 Å². The molecule has 1 atom stereocenters. The Morgan fingerprint density at radius 1 is 1.67 bits per heavy atom. The van der Waals surface area contributed by atoms with E-state index >= 15 is 0 Å². The Labute approximate surface area is 90.5 Å². The van der Waals surface area contributed by atoms with Crippen LogP contribution in [0.3, 0.4) is 0 Å². The third-order valence-corrected chi connectivity index (χ3v) is 2.43. The molecule has 0 saturated heterocycles. The standard InChI is InChI=1S/C11H19N3O/c1-9(6-12)5-11(15)4-3-10-7-13-14(2)8-10/h7-9H,3-6,12H2,1-2H3. The second-order valence-corrected chi connectivity index (χ2v) is 4.11. The van der Waals surface area contributed by atoms with Crippen LogP contribution in [0.25, 0.3) is 0 Å². The zero-order chi connectivity index (χ0) is 11.3. The number of aromatic nitrogens is 2. The molecule has 0 aliphatic rings. The Morgan fingerprint density at radius 2 is 2.40 bits per heavy atom. The molecule has 0 saturated carbocycles. The van der Waals surface area contributed by atoms with Crippen LogP contribution in [-0.2, 0) is 18.3 Å². The van der Waals surface area contributed by atoms with Crippen molar-refractivity contribution in [3.8, 4) is 0 Å². The van der Waals surface area contributed by atoms with Crippen LogP contribution in [0.1, 0.15) is 25.3 Å². The third-order valence-electron chi connectivity index (χ3n) is 2.43. The van der Waals surface area contributed by atoms with Crippen molar-refractivity contribution in [1.82, 2.24) is 9.78 Å². The lowest BCUT2D eigenvalue weighted by Crippen LogP contribution is -2.15. The SMILES string of the molecule is CC(CN)CC(=O)CCc1cnn(C)c1. The molecule has 1 heterocycles. The molecule has 4 heteroatoms. The summed E-state index contributed by atoms with van der Waals surface area (Å²) >= 11 is 0. The Hall–Kier alpha value is -1.16. The van der Waals surface area contributed by atoms with Crippen LogP contribution in [0.5, 0.6) is 0 Å². The van der Waals surface area contributed by atoms with Gasteiger partial charge in [-0.25, -0.2) is 0 Å². The van der Waals surface area contributed by atoms with Crippen LogP contribution in [-0.4, -0.2) is 22.1 Å². The molecule has 1 rings (SSSR count). The molecule has 0 aromatic carbocycles. The number of carbonyl (C=O) groups is 1. The van der Waals surface area contributed by atoms with Gasteiger partial charge in [-0.1, -0.05) is 6.92 Å². The highest BCUT2D eigenvalue weighted by Gasteiger charge is 2.08. The fraction of sp³-hybridized carbons (Fsp3) is 0.636. The molecule has 1 unspecified atom stereocenters. The van der Waals surface area contributed by atoms with E-state index < -0.39 is 0 Å². The second kappa shape index (κ2) is 5.66. The van der Waals surface area contributed by atoms with Crippen molar-refractivity contribution in [3.05, 3.63) is 18.0 Å². The van der Waals surface area contributed by atoms with E-state index in [9.17, 15) is 4.79 Å². The number of Topliss-reactive ketones (excluding diaryl/α,β-unsaturated/α-hetero) is 1. The molecular formula is C11H19N3O. The van der Waals surface area contributed by atoms with Crippen molar-refractivity contribution in [3.63, 3.8) is 0 Å². The normalized spacial score (nSPS) is 12.7. The first-order valence-corrected chi connectivity index (χ1v) is 5.31. The summed E-state index contributed by atoms with van der Waals surface area (Å²) in [5, 5.41) is 4.06. The monoisotopic (exact) mass is 209 g/mol. The lowest BCUT2D eigenvalue weighted by molar-refractivity contribution is -0.119. The number of aryl methyl sites for hydroxylation is 2. The highest BCUT2D eigenvalue weighted by Crippen LogP contribution is 2.06. The molecule has 1 aromatic heterocycles. The maximum atomic E-state index is 11.5. The average molecular weight is 209 g/mol. The van der Waals surface area contributed by atoms with Crippen LogP contribution in [0.2, 0.25) is 0 Å². The van der Waals surface area contributed by atoms with Gasteiger partial charge in [-0.3, -0.25) is 9.48 Å². The van der Waals surface area contributed by atoms with Crippen molar-refractivity contribution in [2.24, 2.45) is 18.7 Å². The van der Waals surface area contributed by atoms with E-state index in [0.29, 0.717) is 25.3 Å². The molecule has 4 nitrogen and oxygen atoms in total. The van der Waals surface area contributed by atoms with Crippen LogP contribution in [0, 0.1) is 5.92 Å². The number of carbonyl (C=O) groups excluding carboxylic acids is 1. The number of hydrogen-bond donors (Lipinski definition) is 1. The first-order chi connectivity index (χ1) is 7.11. The predicted molar refractivity (Wildman–Crippen MR) is 59.4 cm³/mol. The Morgan fingerprint density at radius 3 is 2.93 bits per heavy atom. The number of rotatable bonds is 6. The van der Waals surface area contributed by atoms with Gasteiger partial charge in [-0.2, -0.15) is 5.10 Å². The molecule has 0 fully saturated rings. The molecule has 0 bridgehead atoms. The summed E-state index contributed by atoms with van der Waals surface area (Å²) in [5.74, 6) is 0.586. The van der Waals surface area contributed by atoms with Crippen LogP contribution in [0.4, 0.5) is 0 Å². The summed E-state index contributed by atoms with van der Waals surface area (Å²) in [4.78, 5) is 11.5. The van der Waals surface area contributed by atoms with Gasteiger partial charge >= 0.3 is 0 Å². The lowest BCUT2D eigenvalue weighted by atomic mass is 10.0. The molecule has 0 aliphatic heterocycles. The number of hydrogen-bond acceptors (Lipinski definition) is 3. The topological polar surface area (TPSA) is 60.9 Å². The van der Waals surface area contributed by atoms with Crippen molar-refractivity contribution in [2.45, 2.75) is 26.2 Å². The van der Waals surface area contributed by atoms with Crippen LogP contribution >= 0.6 is 0 Å². The van der Waals surface area contributed by atoms with Gasteiger partial charge in [0, 0.05) is 26.1 Å². The van der Waals surface area contributed by atoms with Gasteiger partial charge in [0.15, 0.2) is 0 Å². The van der Waals surface area contributed by atoms with E-state index in [1.54, 1.807) is 10.9 Å². The number of nitrogens with zero attached hydrogens (tertiary/aromatic N) is 2. The van der Waals surface area contributed by atoms with E-state index in [0.717, 1.165) is 12.0 Å². The molecule has 1 aromatic rings. The zero-order valence-electron chi connectivity index (χ0n) is 9.44. The van der Waals surface area contributed by atoms with Crippen molar-refractivity contribution in [1.29, 1.82) is 0 Å². The average Bonchev–Trinajstić information content (AvgIpc) is 2.61. The van der Waals surface area contributed by atoms with E-state index in [4.69, 9.17) is 5.73 Å². The highest BCUT2D eigenvalue weighted by atomic mass is 16.1. The van der Waals surface area contributed by atoms with Crippen LogP contribution < -0.4 is 5.73 Å². The van der Waals surface area contributed by atoms with E-state index in [2.05, 4.69) is 5.10 Å². The number of nitrogens with two attached hydrogens (primary N) is 1. The van der Waals surface area contributed by atoms with Gasteiger partial charge in [-0.05, 0) is 24.4 Å². The molecule has 0 aliphatic carbocycles. The predicted octanol–water partition coefficient (Wildman–Crippen LogP) is 0.907. The second-order valence-electron chi connectivity index (χ2n) is 4.11. The zero-order valence-corrected chi connectivity index (χ0v) is 9.44. The molecular weight excluding hydrogens is 190 g/mol. The van der Waals surface area contributed by atoms with Gasteiger partial charge in [0.25, 0.3) is 0 Å². The van der Waals surface area contributed by atoms with Gasteiger partial charge in [0.2, 0.25) is 0 Å². The van der Waals surface area contributed by atoms with Crippen LogP contribution in [0.15, 0.2) is 12.4 Å². The smallest absolute Gasteiger partial charge is 0.133 e. The summed E-state index contributed by atoms with van der Waals surface area (Å²) in [5.41, 5.74) is 6.58. The summed E-state index contributed by atoms with van der Waals surface area (Å²) < 4.78 is 1.75.